The van der Waals surface area contributed by atoms with Crippen molar-refractivity contribution in [3.63, 3.8) is 0 Å². The largest absolute Gasteiger partial charge is 0.497 e. The van der Waals surface area contributed by atoms with E-state index in [-0.39, 0.29) is 0 Å². The molecule has 0 saturated carbocycles. The van der Waals surface area contributed by atoms with Crippen molar-refractivity contribution in [2.45, 2.75) is 6.54 Å². The Labute approximate surface area is 98.8 Å². The van der Waals surface area contributed by atoms with Crippen molar-refractivity contribution in [3.8, 4) is 5.75 Å². The number of nitrogens with zero attached hydrogens (tertiary/aromatic N) is 1. The van der Waals surface area contributed by atoms with Crippen molar-refractivity contribution in [2.24, 2.45) is 0 Å². The Morgan fingerprint density at radius 2 is 2.19 bits per heavy atom. The number of imidazole rings is 1. The van der Waals surface area contributed by atoms with Crippen molar-refractivity contribution in [1.82, 2.24) is 9.55 Å². The van der Waals surface area contributed by atoms with Gasteiger partial charge in [0.1, 0.15) is 5.75 Å². The number of ether oxygens (including phenoxy) is 2. The lowest BCUT2D eigenvalue weighted by Gasteiger charge is -2.03. The fourth-order valence-electron chi connectivity index (χ4n) is 1.67. The van der Waals surface area contributed by atoms with Crippen molar-refractivity contribution < 1.29 is 9.47 Å². The summed E-state index contributed by atoms with van der Waals surface area (Å²) < 4.78 is 13.0. The van der Waals surface area contributed by atoms with Crippen molar-refractivity contribution in [3.05, 3.63) is 23.0 Å². The summed E-state index contributed by atoms with van der Waals surface area (Å²) in [6.45, 7) is 1.40. The lowest BCUT2D eigenvalue weighted by Crippen LogP contribution is -2.03. The topological polar surface area (TPSA) is 39.2 Å². The zero-order valence-electron chi connectivity index (χ0n) is 9.32. The Kier molecular flexibility index (Phi) is 3.26. The van der Waals surface area contributed by atoms with Crippen LogP contribution in [0.3, 0.4) is 0 Å². The van der Waals surface area contributed by atoms with Gasteiger partial charge in [-0.3, -0.25) is 0 Å². The standard InChI is InChI=1S/C11H14N2O2S/c1-14-6-5-13-10-4-3-8(15-2)7-9(10)12-11(13)16/h3-4,7H,5-6H2,1-2H3,(H,12,16). The molecule has 0 amide bonds. The van der Waals surface area contributed by atoms with E-state index in [0.29, 0.717) is 11.4 Å². The summed E-state index contributed by atoms with van der Waals surface area (Å²) >= 11 is 5.26. The third kappa shape index (κ3) is 1.96. The Balaban J connectivity index is 2.49. The van der Waals surface area contributed by atoms with Crippen LogP contribution in [-0.4, -0.2) is 30.4 Å². The van der Waals surface area contributed by atoms with E-state index in [4.69, 9.17) is 21.7 Å². The first-order valence-corrected chi connectivity index (χ1v) is 5.42. The van der Waals surface area contributed by atoms with Crippen LogP contribution in [0.2, 0.25) is 0 Å². The summed E-state index contributed by atoms with van der Waals surface area (Å²) in [5.41, 5.74) is 2.06. The number of benzene rings is 1. The van der Waals surface area contributed by atoms with Gasteiger partial charge in [-0.25, -0.2) is 0 Å². The number of hydrogen-bond donors (Lipinski definition) is 1. The Bertz CT molecular complexity index is 544. The highest BCUT2D eigenvalue weighted by atomic mass is 32.1. The molecule has 0 aliphatic rings. The van der Waals surface area contributed by atoms with E-state index in [0.717, 1.165) is 23.3 Å². The zero-order chi connectivity index (χ0) is 11.5. The highest BCUT2D eigenvalue weighted by Gasteiger charge is 2.04. The summed E-state index contributed by atoms with van der Waals surface area (Å²) in [4.78, 5) is 3.15. The molecule has 0 unspecified atom stereocenters. The van der Waals surface area contributed by atoms with Crippen LogP contribution in [0.4, 0.5) is 0 Å². The third-order valence-electron chi connectivity index (χ3n) is 2.50. The van der Waals surface area contributed by atoms with Crippen LogP contribution in [0.15, 0.2) is 18.2 Å². The lowest BCUT2D eigenvalue weighted by atomic mass is 10.3. The van der Waals surface area contributed by atoms with Crippen LogP contribution < -0.4 is 4.74 Å². The van der Waals surface area contributed by atoms with Crippen LogP contribution >= 0.6 is 12.2 Å². The number of fused-ring (bicyclic) bond motifs is 1. The number of rotatable bonds is 4. The summed E-state index contributed by atoms with van der Waals surface area (Å²) in [6.07, 6.45) is 0. The van der Waals surface area contributed by atoms with Gasteiger partial charge in [0.05, 0.1) is 24.8 Å². The number of aromatic amines is 1. The monoisotopic (exact) mass is 238 g/mol. The Hall–Kier alpha value is -1.33. The summed E-state index contributed by atoms with van der Waals surface area (Å²) in [5.74, 6) is 0.822. The minimum atomic E-state index is 0.646. The smallest absolute Gasteiger partial charge is 0.178 e. The molecule has 16 heavy (non-hydrogen) atoms. The quantitative estimate of drug-likeness (QED) is 0.831. The molecule has 2 rings (SSSR count). The van der Waals surface area contributed by atoms with Gasteiger partial charge in [-0.2, -0.15) is 0 Å². The summed E-state index contributed by atoms with van der Waals surface area (Å²) in [7, 11) is 3.33. The molecule has 1 heterocycles. The average molecular weight is 238 g/mol. The molecule has 86 valence electrons. The second-order valence-electron chi connectivity index (χ2n) is 3.46. The Morgan fingerprint density at radius 3 is 2.88 bits per heavy atom. The minimum Gasteiger partial charge on any atom is -0.497 e. The van der Waals surface area contributed by atoms with E-state index >= 15 is 0 Å². The molecule has 0 atom stereocenters. The molecular weight excluding hydrogens is 224 g/mol. The molecule has 0 aliphatic carbocycles. The van der Waals surface area contributed by atoms with E-state index in [9.17, 15) is 0 Å². The van der Waals surface area contributed by atoms with Gasteiger partial charge >= 0.3 is 0 Å². The average Bonchev–Trinajstić information content (AvgIpc) is 2.61. The number of hydrogen-bond acceptors (Lipinski definition) is 3. The van der Waals surface area contributed by atoms with Gasteiger partial charge in [0.15, 0.2) is 4.77 Å². The molecule has 1 aromatic carbocycles. The first-order chi connectivity index (χ1) is 7.76. The maximum Gasteiger partial charge on any atom is 0.178 e. The molecule has 0 radical (unpaired) electrons. The zero-order valence-corrected chi connectivity index (χ0v) is 10.1. The van der Waals surface area contributed by atoms with Gasteiger partial charge in [0.25, 0.3) is 0 Å². The van der Waals surface area contributed by atoms with Gasteiger partial charge in [-0.1, -0.05) is 0 Å². The molecule has 1 N–H and O–H groups in total. The van der Waals surface area contributed by atoms with E-state index in [2.05, 4.69) is 4.98 Å². The molecule has 4 nitrogen and oxygen atoms in total. The lowest BCUT2D eigenvalue weighted by molar-refractivity contribution is 0.188. The van der Waals surface area contributed by atoms with E-state index < -0.39 is 0 Å². The van der Waals surface area contributed by atoms with Crippen molar-refractivity contribution in [1.29, 1.82) is 0 Å². The number of methoxy groups -OCH3 is 2. The summed E-state index contributed by atoms with van der Waals surface area (Å²) in [6, 6.07) is 5.86. The van der Waals surface area contributed by atoms with Crippen molar-refractivity contribution >= 4 is 23.3 Å². The van der Waals surface area contributed by atoms with Crippen LogP contribution in [0.5, 0.6) is 5.75 Å². The van der Waals surface area contributed by atoms with Gasteiger partial charge in [-0.15, -0.1) is 0 Å². The molecule has 5 heteroatoms. The molecule has 2 aromatic rings. The second kappa shape index (κ2) is 4.67. The van der Waals surface area contributed by atoms with Gasteiger partial charge < -0.3 is 19.0 Å². The predicted octanol–water partition coefficient (Wildman–Crippen LogP) is 2.35. The molecule has 0 saturated heterocycles. The van der Waals surface area contributed by atoms with Crippen LogP contribution in [0, 0.1) is 4.77 Å². The van der Waals surface area contributed by atoms with Gasteiger partial charge in [-0.05, 0) is 24.4 Å². The van der Waals surface area contributed by atoms with Gasteiger partial charge in [0, 0.05) is 19.7 Å². The fourth-order valence-corrected chi connectivity index (χ4v) is 1.97. The highest BCUT2D eigenvalue weighted by molar-refractivity contribution is 7.71. The second-order valence-corrected chi connectivity index (χ2v) is 3.84. The molecular formula is C11H14N2O2S. The number of H-pyrrole nitrogens is 1. The maximum absolute atomic E-state index is 5.26. The number of nitrogens with one attached hydrogen (secondary N) is 1. The highest BCUT2D eigenvalue weighted by Crippen LogP contribution is 2.20. The molecule has 0 aliphatic heterocycles. The normalized spacial score (nSPS) is 10.9. The van der Waals surface area contributed by atoms with Crippen molar-refractivity contribution in [2.75, 3.05) is 20.8 Å². The molecule has 0 bridgehead atoms. The minimum absolute atomic E-state index is 0.646. The van der Waals surface area contributed by atoms with Crippen LogP contribution in [-0.2, 0) is 11.3 Å². The molecule has 0 fully saturated rings. The van der Waals surface area contributed by atoms with E-state index in [1.807, 2.05) is 22.8 Å². The first-order valence-electron chi connectivity index (χ1n) is 5.01. The van der Waals surface area contributed by atoms with Crippen LogP contribution in [0.1, 0.15) is 0 Å². The summed E-state index contributed by atoms with van der Waals surface area (Å²) in [5, 5.41) is 0. The molecule has 1 aromatic heterocycles. The first kappa shape index (κ1) is 11.2. The Morgan fingerprint density at radius 1 is 1.38 bits per heavy atom. The van der Waals surface area contributed by atoms with E-state index in [1.54, 1.807) is 14.2 Å². The van der Waals surface area contributed by atoms with Crippen LogP contribution in [0.25, 0.3) is 11.0 Å². The SMILES string of the molecule is COCCn1c(=S)[nH]c2cc(OC)ccc21. The fraction of sp³-hybridized carbons (Fsp3) is 0.364. The third-order valence-corrected chi connectivity index (χ3v) is 2.82. The predicted molar refractivity (Wildman–Crippen MR) is 65.6 cm³/mol. The number of aromatic nitrogens is 2. The van der Waals surface area contributed by atoms with E-state index in [1.165, 1.54) is 0 Å². The van der Waals surface area contributed by atoms with Gasteiger partial charge in [0.2, 0.25) is 0 Å². The maximum atomic E-state index is 5.26. The molecule has 0 spiro atoms.